The molecule has 4 rings (SSSR count). The van der Waals surface area contributed by atoms with Gasteiger partial charge in [0.25, 0.3) is 5.91 Å². The Kier molecular flexibility index (Phi) is 4.55. The number of aromatic nitrogens is 3. The van der Waals surface area contributed by atoms with Crippen LogP contribution in [-0.2, 0) is 9.53 Å². The molecule has 0 bridgehead atoms. The van der Waals surface area contributed by atoms with E-state index in [1.165, 1.54) is 0 Å². The van der Waals surface area contributed by atoms with Gasteiger partial charge in [0.1, 0.15) is 11.3 Å². The Morgan fingerprint density at radius 3 is 2.96 bits per heavy atom. The second-order valence-corrected chi connectivity index (χ2v) is 6.21. The highest BCUT2D eigenvalue weighted by Crippen LogP contribution is 2.38. The fourth-order valence-corrected chi connectivity index (χ4v) is 3.20. The van der Waals surface area contributed by atoms with E-state index in [-0.39, 0.29) is 5.91 Å². The molecule has 0 atom stereocenters. The average Bonchev–Trinajstić information content (AvgIpc) is 3.36. The van der Waals surface area contributed by atoms with Crippen molar-refractivity contribution in [2.24, 2.45) is 0 Å². The first kappa shape index (κ1) is 17.2. The molecule has 8 nitrogen and oxygen atoms in total. The van der Waals surface area contributed by atoms with Crippen LogP contribution in [0, 0.1) is 0 Å². The zero-order valence-electron chi connectivity index (χ0n) is 15.2. The lowest BCUT2D eigenvalue weighted by Crippen LogP contribution is -2.05. The van der Waals surface area contributed by atoms with Crippen molar-refractivity contribution in [1.29, 1.82) is 0 Å². The predicted molar refractivity (Wildman–Crippen MR) is 105 cm³/mol. The summed E-state index contributed by atoms with van der Waals surface area (Å²) in [4.78, 5) is 23.6. The molecule has 1 aliphatic rings. The number of H-pyrrole nitrogens is 2. The lowest BCUT2D eigenvalue weighted by molar-refractivity contribution is -0.110. The van der Waals surface area contributed by atoms with Crippen LogP contribution < -0.4 is 15.4 Å². The van der Waals surface area contributed by atoms with E-state index in [0.717, 1.165) is 40.9 Å². The molecule has 140 valence electrons. The van der Waals surface area contributed by atoms with Crippen molar-refractivity contribution in [2.45, 2.75) is 6.42 Å². The number of ether oxygens (including phenoxy) is 2. The van der Waals surface area contributed by atoms with E-state index in [2.05, 4.69) is 25.6 Å². The fourth-order valence-electron chi connectivity index (χ4n) is 3.20. The van der Waals surface area contributed by atoms with Gasteiger partial charge in [-0.05, 0) is 30.7 Å². The number of aromatic amines is 2. The normalized spacial score (nSPS) is 14.6. The van der Waals surface area contributed by atoms with E-state index in [0.29, 0.717) is 23.9 Å². The highest BCUT2D eigenvalue weighted by Gasteiger charge is 2.28. The zero-order chi connectivity index (χ0) is 18.8. The Balaban J connectivity index is 1.72. The summed E-state index contributed by atoms with van der Waals surface area (Å²) in [6.07, 6.45) is 4.44. The first-order valence-corrected chi connectivity index (χ1v) is 8.71. The van der Waals surface area contributed by atoms with Crippen LogP contribution in [0.25, 0.3) is 22.7 Å². The smallest absolute Gasteiger partial charge is 0.256 e. The molecule has 4 N–H and O–H groups in total. The third kappa shape index (κ3) is 3.15. The number of carbonyl (C=O) groups is 1. The molecule has 1 amide bonds. The standard InChI is InChI=1S/C19H21N5O3/c1-26-9-3-7-21-19-23-13-5-4-12-16(17(13)24-19)11(18(25)22-12)10-14-15(27-2)6-8-20-14/h4-6,8,10,20H,3,7,9H2,1-2H3,(H,22,25)(H2,21,23,24). The topological polar surface area (TPSA) is 104 Å². The molecule has 0 aliphatic carbocycles. The van der Waals surface area contributed by atoms with Crippen molar-refractivity contribution in [3.63, 3.8) is 0 Å². The highest BCUT2D eigenvalue weighted by atomic mass is 16.5. The monoisotopic (exact) mass is 367 g/mol. The number of carbonyl (C=O) groups excluding carboxylic acids is 1. The van der Waals surface area contributed by atoms with E-state index in [1.54, 1.807) is 26.5 Å². The third-order valence-corrected chi connectivity index (χ3v) is 4.48. The van der Waals surface area contributed by atoms with Crippen molar-refractivity contribution >= 4 is 40.2 Å². The lowest BCUT2D eigenvalue weighted by Gasteiger charge is -2.01. The Morgan fingerprint density at radius 1 is 1.26 bits per heavy atom. The number of rotatable bonds is 7. The van der Waals surface area contributed by atoms with Gasteiger partial charge in [0, 0.05) is 32.0 Å². The van der Waals surface area contributed by atoms with E-state index >= 15 is 0 Å². The molecule has 2 aromatic heterocycles. The summed E-state index contributed by atoms with van der Waals surface area (Å²) in [5, 5.41) is 6.16. The van der Waals surface area contributed by atoms with E-state index < -0.39 is 0 Å². The zero-order valence-corrected chi connectivity index (χ0v) is 15.2. The van der Waals surface area contributed by atoms with E-state index in [4.69, 9.17) is 9.47 Å². The van der Waals surface area contributed by atoms with Crippen LogP contribution in [0.15, 0.2) is 24.4 Å². The number of imidazole rings is 1. The Bertz CT molecular complexity index is 1020. The van der Waals surface area contributed by atoms with Gasteiger partial charge in [-0.3, -0.25) is 4.79 Å². The third-order valence-electron chi connectivity index (χ3n) is 4.48. The minimum absolute atomic E-state index is 0.160. The van der Waals surface area contributed by atoms with Gasteiger partial charge >= 0.3 is 0 Å². The molecule has 0 spiro atoms. The molecule has 0 radical (unpaired) electrons. The van der Waals surface area contributed by atoms with E-state index in [9.17, 15) is 4.79 Å². The molecule has 3 heterocycles. The van der Waals surface area contributed by atoms with Gasteiger partial charge in [-0.25, -0.2) is 4.98 Å². The van der Waals surface area contributed by atoms with Gasteiger partial charge < -0.3 is 30.1 Å². The molecule has 27 heavy (non-hydrogen) atoms. The number of amides is 1. The minimum Gasteiger partial charge on any atom is -0.495 e. The molecule has 0 unspecified atom stereocenters. The molecule has 3 aromatic rings. The molecule has 8 heteroatoms. The molecule has 0 saturated carbocycles. The first-order valence-electron chi connectivity index (χ1n) is 8.71. The SMILES string of the molecule is COCCCNc1nc2c3c(ccc2[nH]1)NC(=O)C3=Cc1[nH]ccc1OC. The number of anilines is 2. The molecule has 1 aromatic carbocycles. The van der Waals surface area contributed by atoms with Crippen molar-refractivity contribution in [3.8, 4) is 5.75 Å². The minimum atomic E-state index is -0.160. The quantitative estimate of drug-likeness (QED) is 0.380. The van der Waals surface area contributed by atoms with Crippen molar-refractivity contribution in [2.75, 3.05) is 38.0 Å². The summed E-state index contributed by atoms with van der Waals surface area (Å²) in [6.45, 7) is 1.43. The number of benzene rings is 1. The summed E-state index contributed by atoms with van der Waals surface area (Å²) in [5.41, 5.74) is 4.44. The van der Waals surface area contributed by atoms with Gasteiger partial charge in [0.05, 0.1) is 29.6 Å². The second kappa shape index (κ2) is 7.16. The fraction of sp³-hybridized carbons (Fsp3) is 0.263. The summed E-state index contributed by atoms with van der Waals surface area (Å²) in [5.74, 6) is 1.19. The van der Waals surface area contributed by atoms with Crippen LogP contribution in [0.1, 0.15) is 17.7 Å². The van der Waals surface area contributed by atoms with Gasteiger partial charge in [-0.1, -0.05) is 0 Å². The van der Waals surface area contributed by atoms with Crippen LogP contribution in [0.4, 0.5) is 11.6 Å². The maximum atomic E-state index is 12.5. The second-order valence-electron chi connectivity index (χ2n) is 6.21. The number of methoxy groups -OCH3 is 2. The van der Waals surface area contributed by atoms with Crippen LogP contribution >= 0.6 is 0 Å². The van der Waals surface area contributed by atoms with Crippen molar-refractivity contribution < 1.29 is 14.3 Å². The maximum absolute atomic E-state index is 12.5. The Morgan fingerprint density at radius 2 is 2.15 bits per heavy atom. The van der Waals surface area contributed by atoms with Crippen LogP contribution in [-0.4, -0.2) is 48.2 Å². The largest absolute Gasteiger partial charge is 0.495 e. The maximum Gasteiger partial charge on any atom is 0.256 e. The predicted octanol–water partition coefficient (Wildman–Crippen LogP) is 2.84. The summed E-state index contributed by atoms with van der Waals surface area (Å²) in [6, 6.07) is 5.62. The number of nitrogens with zero attached hydrogens (tertiary/aromatic N) is 1. The molecule has 1 aliphatic heterocycles. The highest BCUT2D eigenvalue weighted by molar-refractivity contribution is 6.37. The molecular formula is C19H21N5O3. The summed E-state index contributed by atoms with van der Waals surface area (Å²) >= 11 is 0. The van der Waals surface area contributed by atoms with Crippen molar-refractivity contribution in [1.82, 2.24) is 15.0 Å². The van der Waals surface area contributed by atoms with Gasteiger partial charge in [0.2, 0.25) is 5.95 Å². The van der Waals surface area contributed by atoms with Gasteiger partial charge in [0.15, 0.2) is 0 Å². The van der Waals surface area contributed by atoms with Crippen LogP contribution in [0.5, 0.6) is 5.75 Å². The van der Waals surface area contributed by atoms with Gasteiger partial charge in [-0.15, -0.1) is 0 Å². The van der Waals surface area contributed by atoms with Gasteiger partial charge in [-0.2, -0.15) is 0 Å². The molecule has 0 saturated heterocycles. The average molecular weight is 367 g/mol. The van der Waals surface area contributed by atoms with Crippen molar-refractivity contribution in [3.05, 3.63) is 35.7 Å². The van der Waals surface area contributed by atoms with Crippen LogP contribution in [0.3, 0.4) is 0 Å². The Labute approximate surface area is 156 Å². The molecule has 0 fully saturated rings. The molecular weight excluding hydrogens is 346 g/mol. The number of hydrogen-bond donors (Lipinski definition) is 4. The summed E-state index contributed by atoms with van der Waals surface area (Å²) in [7, 11) is 3.28. The number of nitrogens with one attached hydrogen (secondary N) is 4. The lowest BCUT2D eigenvalue weighted by atomic mass is 10.0. The first-order chi connectivity index (χ1) is 13.2. The number of hydrogen-bond acceptors (Lipinski definition) is 5. The Hall–Kier alpha value is -3.26. The van der Waals surface area contributed by atoms with E-state index in [1.807, 2.05) is 18.2 Å². The summed E-state index contributed by atoms with van der Waals surface area (Å²) < 4.78 is 10.4. The van der Waals surface area contributed by atoms with Crippen LogP contribution in [0.2, 0.25) is 0 Å². The number of fused-ring (bicyclic) bond motifs is 3.